The SMILES string of the molecule is C1=CCSN/C=C\OC1. The van der Waals surface area contributed by atoms with Crippen LogP contribution in [0.3, 0.4) is 0 Å². The molecule has 0 saturated carbocycles. The van der Waals surface area contributed by atoms with E-state index < -0.39 is 0 Å². The lowest BCUT2D eigenvalue weighted by Gasteiger charge is -1.91. The largest absolute Gasteiger partial charge is 0.496 e. The summed E-state index contributed by atoms with van der Waals surface area (Å²) in [5.74, 6) is 0.994. The Morgan fingerprint density at radius 3 is 3.44 bits per heavy atom. The molecule has 0 aromatic heterocycles. The van der Waals surface area contributed by atoms with Crippen molar-refractivity contribution in [2.24, 2.45) is 0 Å². The summed E-state index contributed by atoms with van der Waals surface area (Å²) in [5, 5.41) is 0. The summed E-state index contributed by atoms with van der Waals surface area (Å²) in [6.07, 6.45) is 7.52. The van der Waals surface area contributed by atoms with Crippen LogP contribution in [-0.4, -0.2) is 12.4 Å². The molecule has 1 aliphatic rings. The van der Waals surface area contributed by atoms with Crippen LogP contribution in [-0.2, 0) is 4.74 Å². The van der Waals surface area contributed by atoms with Crippen molar-refractivity contribution in [3.05, 3.63) is 24.6 Å². The molecule has 0 aromatic carbocycles. The van der Waals surface area contributed by atoms with Crippen molar-refractivity contribution in [2.45, 2.75) is 0 Å². The van der Waals surface area contributed by atoms with Crippen LogP contribution in [0.2, 0.25) is 0 Å². The lowest BCUT2D eigenvalue weighted by atomic mass is 10.5. The van der Waals surface area contributed by atoms with Crippen LogP contribution in [0, 0.1) is 0 Å². The fraction of sp³-hybridized carbons (Fsp3) is 0.333. The maximum Gasteiger partial charge on any atom is 0.106 e. The highest BCUT2D eigenvalue weighted by Crippen LogP contribution is 1.95. The molecule has 0 radical (unpaired) electrons. The van der Waals surface area contributed by atoms with E-state index in [0.29, 0.717) is 6.61 Å². The molecule has 3 heteroatoms. The van der Waals surface area contributed by atoms with Gasteiger partial charge in [0.15, 0.2) is 0 Å². The maximum absolute atomic E-state index is 5.01. The molecule has 2 nitrogen and oxygen atoms in total. The Kier molecular flexibility index (Phi) is 3.15. The van der Waals surface area contributed by atoms with E-state index in [1.165, 1.54) is 0 Å². The Balaban J connectivity index is 2.28. The number of hydrogen-bond acceptors (Lipinski definition) is 3. The average Bonchev–Trinajstić information content (AvgIpc) is 2.00. The molecule has 0 atom stereocenters. The third-order valence-corrected chi connectivity index (χ3v) is 1.52. The zero-order chi connectivity index (χ0) is 6.36. The highest BCUT2D eigenvalue weighted by Gasteiger charge is 1.81. The summed E-state index contributed by atoms with van der Waals surface area (Å²) in [4.78, 5) is 0. The minimum Gasteiger partial charge on any atom is -0.496 e. The van der Waals surface area contributed by atoms with Gasteiger partial charge in [-0.2, -0.15) is 0 Å². The lowest BCUT2D eigenvalue weighted by molar-refractivity contribution is 0.288. The van der Waals surface area contributed by atoms with Gasteiger partial charge >= 0.3 is 0 Å². The second-order valence-corrected chi connectivity index (χ2v) is 2.39. The Morgan fingerprint density at radius 2 is 2.44 bits per heavy atom. The first-order chi connectivity index (χ1) is 4.50. The second-order valence-electron chi connectivity index (χ2n) is 1.54. The van der Waals surface area contributed by atoms with E-state index in [1.54, 1.807) is 24.4 Å². The second kappa shape index (κ2) is 4.32. The molecular formula is C6H9NOS. The van der Waals surface area contributed by atoms with Crippen LogP contribution in [0.5, 0.6) is 0 Å². The monoisotopic (exact) mass is 143 g/mol. The minimum atomic E-state index is 0.679. The summed E-state index contributed by atoms with van der Waals surface area (Å²) in [6.45, 7) is 0.679. The predicted molar refractivity (Wildman–Crippen MR) is 39.8 cm³/mol. The quantitative estimate of drug-likeness (QED) is 0.408. The van der Waals surface area contributed by atoms with Crippen LogP contribution < -0.4 is 4.72 Å². The molecule has 50 valence electrons. The molecule has 0 saturated heterocycles. The number of hydrogen-bond donors (Lipinski definition) is 1. The van der Waals surface area contributed by atoms with Gasteiger partial charge in [0.2, 0.25) is 0 Å². The Morgan fingerprint density at radius 1 is 1.44 bits per heavy atom. The zero-order valence-corrected chi connectivity index (χ0v) is 5.86. The first-order valence-corrected chi connectivity index (χ1v) is 3.77. The van der Waals surface area contributed by atoms with Gasteiger partial charge in [-0.1, -0.05) is 12.2 Å². The van der Waals surface area contributed by atoms with Crippen LogP contribution in [0.25, 0.3) is 0 Å². The molecule has 0 aromatic rings. The van der Waals surface area contributed by atoms with E-state index in [2.05, 4.69) is 10.8 Å². The molecule has 1 N–H and O–H groups in total. The molecule has 0 aliphatic carbocycles. The standard InChI is InChI=1S/C6H9NOS/c1-2-6-9-7-3-5-8-4-1/h1-3,5,7H,4,6H2/b2-1?,5-3-. The topological polar surface area (TPSA) is 21.3 Å². The molecule has 0 spiro atoms. The highest BCUT2D eigenvalue weighted by atomic mass is 32.2. The van der Waals surface area contributed by atoms with Crippen LogP contribution in [0.4, 0.5) is 0 Å². The van der Waals surface area contributed by atoms with Crippen LogP contribution >= 0.6 is 11.9 Å². The van der Waals surface area contributed by atoms with Gasteiger partial charge in [0.25, 0.3) is 0 Å². The molecule has 1 rings (SSSR count). The van der Waals surface area contributed by atoms with E-state index in [9.17, 15) is 0 Å². The van der Waals surface area contributed by atoms with Crippen molar-refractivity contribution in [1.29, 1.82) is 0 Å². The Bertz CT molecular complexity index is 108. The summed E-state index contributed by atoms with van der Waals surface area (Å²) in [7, 11) is 0. The van der Waals surface area contributed by atoms with E-state index in [0.717, 1.165) is 5.75 Å². The predicted octanol–water partition coefficient (Wildman–Crippen LogP) is 1.28. The van der Waals surface area contributed by atoms with Gasteiger partial charge in [-0.15, -0.1) is 0 Å². The molecule has 0 unspecified atom stereocenters. The van der Waals surface area contributed by atoms with Crippen molar-refractivity contribution in [2.75, 3.05) is 12.4 Å². The van der Waals surface area contributed by atoms with Gasteiger partial charge in [0.1, 0.15) is 6.61 Å². The lowest BCUT2D eigenvalue weighted by Crippen LogP contribution is -1.90. The molecule has 9 heavy (non-hydrogen) atoms. The van der Waals surface area contributed by atoms with Crippen LogP contribution in [0.1, 0.15) is 0 Å². The molecular weight excluding hydrogens is 134 g/mol. The van der Waals surface area contributed by atoms with Crippen molar-refractivity contribution in [1.82, 2.24) is 4.72 Å². The van der Waals surface area contributed by atoms with Crippen molar-refractivity contribution in [3.8, 4) is 0 Å². The van der Waals surface area contributed by atoms with Gasteiger partial charge in [0, 0.05) is 12.0 Å². The summed E-state index contributed by atoms with van der Waals surface area (Å²) < 4.78 is 8.00. The zero-order valence-electron chi connectivity index (χ0n) is 5.04. The molecule has 1 heterocycles. The van der Waals surface area contributed by atoms with Gasteiger partial charge in [-0.3, -0.25) is 0 Å². The smallest absolute Gasteiger partial charge is 0.106 e. The molecule has 0 amide bonds. The third kappa shape index (κ3) is 3.08. The average molecular weight is 143 g/mol. The highest BCUT2D eigenvalue weighted by molar-refractivity contribution is 7.97. The Labute approximate surface area is 59.1 Å². The van der Waals surface area contributed by atoms with Gasteiger partial charge < -0.3 is 9.46 Å². The van der Waals surface area contributed by atoms with E-state index in [-0.39, 0.29) is 0 Å². The molecule has 0 fully saturated rings. The fourth-order valence-corrected chi connectivity index (χ4v) is 0.948. The van der Waals surface area contributed by atoms with Crippen molar-refractivity contribution in [3.63, 3.8) is 0 Å². The normalized spacial score (nSPS) is 22.2. The van der Waals surface area contributed by atoms with Gasteiger partial charge in [-0.25, -0.2) is 0 Å². The summed E-state index contributed by atoms with van der Waals surface area (Å²) in [6, 6.07) is 0. The Hall–Kier alpha value is -0.570. The van der Waals surface area contributed by atoms with Gasteiger partial charge in [0.05, 0.1) is 6.26 Å². The van der Waals surface area contributed by atoms with Crippen molar-refractivity contribution >= 4 is 11.9 Å². The minimum absolute atomic E-state index is 0.679. The fourth-order valence-electron chi connectivity index (χ4n) is 0.467. The molecule has 1 aliphatic heterocycles. The first-order valence-electron chi connectivity index (χ1n) is 2.79. The first kappa shape index (κ1) is 6.55. The van der Waals surface area contributed by atoms with Crippen molar-refractivity contribution < 1.29 is 4.74 Å². The maximum atomic E-state index is 5.01. The van der Waals surface area contributed by atoms with E-state index >= 15 is 0 Å². The number of ether oxygens (including phenoxy) is 1. The summed E-state index contributed by atoms with van der Waals surface area (Å²) >= 11 is 1.64. The van der Waals surface area contributed by atoms with Crippen LogP contribution in [0.15, 0.2) is 24.6 Å². The number of rotatable bonds is 0. The summed E-state index contributed by atoms with van der Waals surface area (Å²) in [5.41, 5.74) is 0. The van der Waals surface area contributed by atoms with Gasteiger partial charge in [-0.05, 0) is 11.9 Å². The third-order valence-electron chi connectivity index (χ3n) is 0.854. The van der Waals surface area contributed by atoms with E-state index in [4.69, 9.17) is 4.74 Å². The number of nitrogens with one attached hydrogen (secondary N) is 1. The van der Waals surface area contributed by atoms with E-state index in [1.807, 2.05) is 6.08 Å². The molecule has 0 bridgehead atoms.